The van der Waals surface area contributed by atoms with Crippen LogP contribution < -0.4 is 5.32 Å². The lowest BCUT2D eigenvalue weighted by Gasteiger charge is -2.19. The minimum Gasteiger partial charge on any atom is -0.468 e. The van der Waals surface area contributed by atoms with Crippen molar-refractivity contribution >= 4 is 15.7 Å². The zero-order valence-electron chi connectivity index (χ0n) is 13.9. The summed E-state index contributed by atoms with van der Waals surface area (Å²) in [6.07, 6.45) is 2.88. The standard InChI is InChI=1S/C18H23NO4S/c1-3-14(4-2)18(20)19-13-17(16-11-8-12-23-16)24(21,22)15-9-6-5-7-10-15/h5-12,14,17H,3-4,13H2,1-2H3,(H,19,20). The number of furan rings is 1. The molecule has 5 nitrogen and oxygen atoms in total. The summed E-state index contributed by atoms with van der Waals surface area (Å²) in [5.41, 5.74) is 0. The quantitative estimate of drug-likeness (QED) is 0.793. The molecular weight excluding hydrogens is 326 g/mol. The van der Waals surface area contributed by atoms with E-state index < -0.39 is 15.1 Å². The predicted octanol–water partition coefficient (Wildman–Crippen LogP) is 3.35. The lowest BCUT2D eigenvalue weighted by molar-refractivity contribution is -0.125. The number of carbonyl (C=O) groups excluding carboxylic acids is 1. The molecule has 6 heteroatoms. The first-order chi connectivity index (χ1) is 11.5. The molecule has 1 amide bonds. The number of hydrogen-bond acceptors (Lipinski definition) is 4. The van der Waals surface area contributed by atoms with Gasteiger partial charge in [0.2, 0.25) is 5.91 Å². The molecule has 0 spiro atoms. The molecule has 0 aliphatic heterocycles. The van der Waals surface area contributed by atoms with Crippen LogP contribution in [0, 0.1) is 5.92 Å². The third-order valence-electron chi connectivity index (χ3n) is 4.12. The normalized spacial score (nSPS) is 13.0. The van der Waals surface area contributed by atoms with Crippen LogP contribution in [-0.4, -0.2) is 20.9 Å². The lowest BCUT2D eigenvalue weighted by atomic mass is 10.0. The van der Waals surface area contributed by atoms with E-state index in [2.05, 4.69) is 5.32 Å². The van der Waals surface area contributed by atoms with Crippen LogP contribution in [0.4, 0.5) is 0 Å². The Balaban J connectivity index is 2.26. The lowest BCUT2D eigenvalue weighted by Crippen LogP contribution is -2.35. The number of amides is 1. The molecule has 0 fully saturated rings. The van der Waals surface area contributed by atoms with Crippen LogP contribution in [-0.2, 0) is 14.6 Å². The largest absolute Gasteiger partial charge is 0.468 e. The van der Waals surface area contributed by atoms with Crippen molar-refractivity contribution in [2.45, 2.75) is 36.8 Å². The smallest absolute Gasteiger partial charge is 0.223 e. The summed E-state index contributed by atoms with van der Waals surface area (Å²) in [6, 6.07) is 11.5. The molecule has 1 N–H and O–H groups in total. The highest BCUT2D eigenvalue weighted by Gasteiger charge is 2.32. The van der Waals surface area contributed by atoms with Crippen molar-refractivity contribution in [3.05, 3.63) is 54.5 Å². The van der Waals surface area contributed by atoms with Crippen LogP contribution in [0.3, 0.4) is 0 Å². The highest BCUT2D eigenvalue weighted by atomic mass is 32.2. The van der Waals surface area contributed by atoms with Gasteiger partial charge >= 0.3 is 0 Å². The van der Waals surface area contributed by atoms with Crippen molar-refractivity contribution in [3.63, 3.8) is 0 Å². The van der Waals surface area contributed by atoms with Gasteiger partial charge in [-0.25, -0.2) is 8.42 Å². The van der Waals surface area contributed by atoms with E-state index in [1.54, 1.807) is 42.5 Å². The summed E-state index contributed by atoms with van der Waals surface area (Å²) in [6.45, 7) is 3.87. The van der Waals surface area contributed by atoms with Gasteiger partial charge < -0.3 is 9.73 Å². The summed E-state index contributed by atoms with van der Waals surface area (Å²) in [7, 11) is -3.67. The Kier molecular flexibility index (Phi) is 6.20. The molecule has 1 atom stereocenters. The van der Waals surface area contributed by atoms with Gasteiger partial charge in [-0.3, -0.25) is 4.79 Å². The van der Waals surface area contributed by atoms with Gasteiger partial charge in [0.25, 0.3) is 0 Å². The number of rotatable bonds is 8. The third kappa shape index (κ3) is 4.06. The van der Waals surface area contributed by atoms with E-state index in [1.165, 1.54) is 6.26 Å². The molecule has 0 bridgehead atoms. The SMILES string of the molecule is CCC(CC)C(=O)NCC(c1ccco1)S(=O)(=O)c1ccccc1. The number of hydrogen-bond donors (Lipinski definition) is 1. The fourth-order valence-electron chi connectivity index (χ4n) is 2.61. The first-order valence-electron chi connectivity index (χ1n) is 8.10. The van der Waals surface area contributed by atoms with E-state index in [0.29, 0.717) is 5.76 Å². The van der Waals surface area contributed by atoms with Crippen molar-refractivity contribution in [2.75, 3.05) is 6.54 Å². The number of sulfone groups is 1. The van der Waals surface area contributed by atoms with Crippen LogP contribution >= 0.6 is 0 Å². The molecule has 0 saturated heterocycles. The Bertz CT molecular complexity index is 735. The molecule has 24 heavy (non-hydrogen) atoms. The van der Waals surface area contributed by atoms with E-state index in [-0.39, 0.29) is 23.3 Å². The predicted molar refractivity (Wildman–Crippen MR) is 92.2 cm³/mol. The number of benzene rings is 1. The van der Waals surface area contributed by atoms with E-state index in [0.717, 1.165) is 12.8 Å². The Morgan fingerprint density at radius 3 is 2.29 bits per heavy atom. The zero-order chi connectivity index (χ0) is 17.6. The van der Waals surface area contributed by atoms with Crippen LogP contribution in [0.2, 0.25) is 0 Å². The first-order valence-corrected chi connectivity index (χ1v) is 9.65. The van der Waals surface area contributed by atoms with Crippen molar-refractivity contribution in [1.29, 1.82) is 0 Å². The van der Waals surface area contributed by atoms with Gasteiger partial charge in [-0.1, -0.05) is 32.0 Å². The molecule has 1 aromatic carbocycles. The van der Waals surface area contributed by atoms with Gasteiger partial charge in [0.1, 0.15) is 11.0 Å². The van der Waals surface area contributed by atoms with Gasteiger partial charge in [0.15, 0.2) is 9.84 Å². The number of carbonyl (C=O) groups is 1. The minimum atomic E-state index is -3.67. The zero-order valence-corrected chi connectivity index (χ0v) is 14.8. The van der Waals surface area contributed by atoms with Gasteiger partial charge in [0.05, 0.1) is 11.2 Å². The Hall–Kier alpha value is -2.08. The van der Waals surface area contributed by atoms with Crippen LogP contribution in [0.25, 0.3) is 0 Å². The molecular formula is C18H23NO4S. The van der Waals surface area contributed by atoms with E-state index in [4.69, 9.17) is 4.42 Å². The van der Waals surface area contributed by atoms with E-state index in [9.17, 15) is 13.2 Å². The molecule has 0 radical (unpaired) electrons. The molecule has 2 aromatic rings. The summed E-state index contributed by atoms with van der Waals surface area (Å²) in [5, 5.41) is 1.82. The summed E-state index contributed by atoms with van der Waals surface area (Å²) < 4.78 is 31.2. The molecule has 130 valence electrons. The van der Waals surface area contributed by atoms with Gasteiger partial charge in [-0.05, 0) is 37.1 Å². The summed E-state index contributed by atoms with van der Waals surface area (Å²) >= 11 is 0. The Labute approximate surface area is 143 Å². The average molecular weight is 349 g/mol. The van der Waals surface area contributed by atoms with Crippen LogP contribution in [0.1, 0.15) is 37.7 Å². The third-order valence-corrected chi connectivity index (χ3v) is 6.20. The summed E-state index contributed by atoms with van der Waals surface area (Å²) in [4.78, 5) is 12.4. The molecule has 0 saturated carbocycles. The van der Waals surface area contributed by atoms with Crippen LogP contribution in [0.5, 0.6) is 0 Å². The first kappa shape index (κ1) is 18.3. The molecule has 2 rings (SSSR count). The highest BCUT2D eigenvalue weighted by molar-refractivity contribution is 7.91. The molecule has 1 heterocycles. The van der Waals surface area contributed by atoms with Gasteiger partial charge in [0, 0.05) is 12.5 Å². The fourth-order valence-corrected chi connectivity index (χ4v) is 4.22. The second-order valence-electron chi connectivity index (χ2n) is 5.62. The maximum absolute atomic E-state index is 12.9. The topological polar surface area (TPSA) is 76.4 Å². The van der Waals surface area contributed by atoms with Crippen molar-refractivity contribution in [2.24, 2.45) is 5.92 Å². The second-order valence-corrected chi connectivity index (χ2v) is 7.75. The number of nitrogens with one attached hydrogen (secondary N) is 1. The molecule has 1 unspecified atom stereocenters. The van der Waals surface area contributed by atoms with Gasteiger partial charge in [-0.15, -0.1) is 0 Å². The fraction of sp³-hybridized carbons (Fsp3) is 0.389. The Morgan fingerprint density at radius 2 is 1.75 bits per heavy atom. The van der Waals surface area contributed by atoms with Crippen molar-refractivity contribution < 1.29 is 17.6 Å². The minimum absolute atomic E-state index is 0.0138. The molecule has 0 aliphatic rings. The average Bonchev–Trinajstić information content (AvgIpc) is 3.11. The van der Waals surface area contributed by atoms with Crippen molar-refractivity contribution in [3.8, 4) is 0 Å². The van der Waals surface area contributed by atoms with Crippen molar-refractivity contribution in [1.82, 2.24) is 5.32 Å². The highest BCUT2D eigenvalue weighted by Crippen LogP contribution is 2.28. The second kappa shape index (κ2) is 8.15. The maximum Gasteiger partial charge on any atom is 0.223 e. The molecule has 0 aliphatic carbocycles. The monoisotopic (exact) mass is 349 g/mol. The van der Waals surface area contributed by atoms with Gasteiger partial charge in [-0.2, -0.15) is 0 Å². The molecule has 1 aromatic heterocycles. The Morgan fingerprint density at radius 1 is 1.08 bits per heavy atom. The summed E-state index contributed by atoms with van der Waals surface area (Å²) in [5.74, 6) is 0.0881. The van der Waals surface area contributed by atoms with E-state index in [1.807, 2.05) is 13.8 Å². The maximum atomic E-state index is 12.9. The van der Waals surface area contributed by atoms with E-state index >= 15 is 0 Å². The van der Waals surface area contributed by atoms with Crippen LogP contribution in [0.15, 0.2) is 58.0 Å².